The summed E-state index contributed by atoms with van der Waals surface area (Å²) >= 11 is 0. The van der Waals surface area contributed by atoms with Crippen molar-refractivity contribution in [3.63, 3.8) is 0 Å². The molecule has 2 aliphatic heterocycles. The maximum absolute atomic E-state index is 14.2. The molecule has 1 aromatic rings. The van der Waals surface area contributed by atoms with Crippen molar-refractivity contribution in [3.05, 3.63) is 23.3 Å². The molecule has 0 bridgehead atoms. The van der Waals surface area contributed by atoms with Gasteiger partial charge in [0.1, 0.15) is 18.9 Å². The molecule has 4 heteroatoms. The summed E-state index contributed by atoms with van der Waals surface area (Å²) in [6.07, 6.45) is 1.06. The zero-order chi connectivity index (χ0) is 13.5. The molecule has 3 nitrogen and oxygen atoms in total. The number of hydrogen-bond donors (Lipinski definition) is 1. The Morgan fingerprint density at radius 3 is 2.74 bits per heavy atom. The second-order valence-corrected chi connectivity index (χ2v) is 5.75. The molecule has 1 saturated heterocycles. The molecule has 3 rings (SSSR count). The van der Waals surface area contributed by atoms with Crippen LogP contribution in [0.2, 0.25) is 0 Å². The zero-order valence-electron chi connectivity index (χ0n) is 11.5. The van der Waals surface area contributed by atoms with Gasteiger partial charge >= 0.3 is 0 Å². The summed E-state index contributed by atoms with van der Waals surface area (Å²) in [6, 6.07) is 3.73. The normalized spacial score (nSPS) is 22.6. The highest BCUT2D eigenvalue weighted by atomic mass is 19.1. The number of fused-ring (bicyclic) bond motifs is 1. The molecule has 1 atom stereocenters. The van der Waals surface area contributed by atoms with Crippen LogP contribution in [0.4, 0.5) is 4.39 Å². The van der Waals surface area contributed by atoms with E-state index in [1.165, 1.54) is 0 Å². The topological polar surface area (TPSA) is 30.5 Å². The van der Waals surface area contributed by atoms with Crippen LogP contribution in [0.25, 0.3) is 0 Å². The van der Waals surface area contributed by atoms with Crippen molar-refractivity contribution in [1.29, 1.82) is 0 Å². The van der Waals surface area contributed by atoms with Crippen molar-refractivity contribution in [2.75, 3.05) is 26.3 Å². The minimum absolute atomic E-state index is 0.387. The Morgan fingerprint density at radius 1 is 1.26 bits per heavy atom. The number of benzene rings is 1. The summed E-state index contributed by atoms with van der Waals surface area (Å²) in [7, 11) is 0. The van der Waals surface area contributed by atoms with Crippen molar-refractivity contribution in [1.82, 2.24) is 5.32 Å². The number of ether oxygens (including phenoxy) is 2. The van der Waals surface area contributed by atoms with Crippen LogP contribution >= 0.6 is 0 Å². The van der Waals surface area contributed by atoms with Crippen LogP contribution in [0.15, 0.2) is 12.1 Å². The first-order valence-corrected chi connectivity index (χ1v) is 6.89. The summed E-state index contributed by atoms with van der Waals surface area (Å²) in [5, 5.41) is 3.35. The molecule has 2 aliphatic rings. The highest BCUT2D eigenvalue weighted by molar-refractivity contribution is 5.53. The number of hydrogen-bond acceptors (Lipinski definition) is 3. The number of rotatable bonds is 2. The van der Waals surface area contributed by atoms with E-state index in [9.17, 15) is 4.39 Å². The third-order valence-corrected chi connectivity index (χ3v) is 3.86. The summed E-state index contributed by atoms with van der Waals surface area (Å²) in [6.45, 7) is 6.18. The monoisotopic (exact) mass is 265 g/mol. The molecular weight excluding hydrogens is 245 g/mol. The van der Waals surface area contributed by atoms with Crippen LogP contribution in [-0.2, 0) is 5.67 Å². The van der Waals surface area contributed by atoms with Crippen LogP contribution in [0, 0.1) is 0 Å². The van der Waals surface area contributed by atoms with E-state index in [4.69, 9.17) is 9.47 Å². The lowest BCUT2D eigenvalue weighted by atomic mass is 9.90. The van der Waals surface area contributed by atoms with Gasteiger partial charge in [-0.15, -0.1) is 0 Å². The second-order valence-electron chi connectivity index (χ2n) is 5.75. The molecule has 0 saturated carbocycles. The Hall–Kier alpha value is -1.29. The SMILES string of the molecule is CC(C)(F)c1cc2c(c(C3CCNC3)c1)OCCO2. The molecule has 0 aromatic heterocycles. The molecule has 1 N–H and O–H groups in total. The summed E-state index contributed by atoms with van der Waals surface area (Å²) in [5.74, 6) is 1.89. The lowest BCUT2D eigenvalue weighted by Crippen LogP contribution is -2.20. The molecule has 19 heavy (non-hydrogen) atoms. The fourth-order valence-corrected chi connectivity index (χ4v) is 2.75. The van der Waals surface area contributed by atoms with Crippen LogP contribution in [0.1, 0.15) is 37.3 Å². The maximum atomic E-state index is 14.2. The third-order valence-electron chi connectivity index (χ3n) is 3.86. The molecule has 0 amide bonds. The lowest BCUT2D eigenvalue weighted by Gasteiger charge is -2.26. The van der Waals surface area contributed by atoms with Gasteiger partial charge in [-0.2, -0.15) is 0 Å². The molecule has 1 aromatic carbocycles. The molecule has 0 aliphatic carbocycles. The van der Waals surface area contributed by atoms with E-state index in [2.05, 4.69) is 5.32 Å². The molecule has 0 spiro atoms. The Kier molecular flexibility index (Phi) is 3.13. The predicted molar refractivity (Wildman–Crippen MR) is 71.8 cm³/mol. The Morgan fingerprint density at radius 2 is 2.05 bits per heavy atom. The summed E-state index contributed by atoms with van der Waals surface area (Å²) < 4.78 is 25.7. The van der Waals surface area contributed by atoms with Crippen LogP contribution < -0.4 is 14.8 Å². The van der Waals surface area contributed by atoms with E-state index in [1.807, 2.05) is 6.07 Å². The Labute approximate surface area is 113 Å². The van der Waals surface area contributed by atoms with E-state index in [1.54, 1.807) is 19.9 Å². The van der Waals surface area contributed by atoms with Crippen molar-refractivity contribution in [3.8, 4) is 11.5 Å². The van der Waals surface area contributed by atoms with Gasteiger partial charge in [0.25, 0.3) is 0 Å². The highest BCUT2D eigenvalue weighted by Crippen LogP contribution is 2.43. The van der Waals surface area contributed by atoms with Gasteiger partial charge in [0.15, 0.2) is 11.5 Å². The van der Waals surface area contributed by atoms with Gasteiger partial charge in [-0.25, -0.2) is 4.39 Å². The molecule has 2 heterocycles. The van der Waals surface area contributed by atoms with Crippen molar-refractivity contribution < 1.29 is 13.9 Å². The highest BCUT2D eigenvalue weighted by Gasteiger charge is 2.29. The fraction of sp³-hybridized carbons (Fsp3) is 0.600. The lowest BCUT2D eigenvalue weighted by molar-refractivity contribution is 0.166. The first kappa shape index (κ1) is 12.7. The van der Waals surface area contributed by atoms with Crippen molar-refractivity contribution in [2.45, 2.75) is 31.9 Å². The van der Waals surface area contributed by atoms with Gasteiger partial charge < -0.3 is 14.8 Å². The van der Waals surface area contributed by atoms with E-state index < -0.39 is 5.67 Å². The van der Waals surface area contributed by atoms with Crippen LogP contribution in [0.5, 0.6) is 11.5 Å². The Balaban J connectivity index is 2.08. The van der Waals surface area contributed by atoms with Gasteiger partial charge in [0, 0.05) is 18.0 Å². The smallest absolute Gasteiger partial charge is 0.164 e. The fourth-order valence-electron chi connectivity index (χ4n) is 2.75. The van der Waals surface area contributed by atoms with Crippen LogP contribution in [-0.4, -0.2) is 26.3 Å². The van der Waals surface area contributed by atoms with E-state index >= 15 is 0 Å². The predicted octanol–water partition coefficient (Wildman–Crippen LogP) is 2.74. The first-order chi connectivity index (χ1) is 9.05. The van der Waals surface area contributed by atoms with E-state index in [0.29, 0.717) is 30.4 Å². The van der Waals surface area contributed by atoms with E-state index in [-0.39, 0.29) is 0 Å². The van der Waals surface area contributed by atoms with E-state index in [0.717, 1.165) is 30.8 Å². The maximum Gasteiger partial charge on any atom is 0.164 e. The Bertz CT molecular complexity index is 476. The van der Waals surface area contributed by atoms with Crippen molar-refractivity contribution in [2.24, 2.45) is 0 Å². The average Bonchev–Trinajstić information content (AvgIpc) is 2.90. The third kappa shape index (κ3) is 2.41. The first-order valence-electron chi connectivity index (χ1n) is 6.89. The minimum atomic E-state index is -1.36. The number of alkyl halides is 1. The van der Waals surface area contributed by atoms with Gasteiger partial charge in [-0.1, -0.05) is 0 Å². The van der Waals surface area contributed by atoms with Gasteiger partial charge in [-0.3, -0.25) is 0 Å². The van der Waals surface area contributed by atoms with Crippen molar-refractivity contribution >= 4 is 0 Å². The largest absolute Gasteiger partial charge is 0.486 e. The molecule has 104 valence electrons. The second kappa shape index (κ2) is 4.67. The molecule has 0 radical (unpaired) electrons. The minimum Gasteiger partial charge on any atom is -0.486 e. The van der Waals surface area contributed by atoms with Crippen LogP contribution in [0.3, 0.4) is 0 Å². The molecule has 1 fully saturated rings. The summed E-state index contributed by atoms with van der Waals surface area (Å²) in [5.41, 5.74) is 0.387. The summed E-state index contributed by atoms with van der Waals surface area (Å²) in [4.78, 5) is 0. The standard InChI is InChI=1S/C15H20FNO2/c1-15(2,16)11-7-12(10-3-4-17-9-10)14-13(8-11)18-5-6-19-14/h7-8,10,17H,3-6,9H2,1-2H3. The van der Waals surface area contributed by atoms with Gasteiger partial charge in [0.2, 0.25) is 0 Å². The number of nitrogens with one attached hydrogen (secondary N) is 1. The quantitative estimate of drug-likeness (QED) is 0.892. The zero-order valence-corrected chi connectivity index (χ0v) is 11.5. The molecule has 1 unspecified atom stereocenters. The number of halogens is 1. The molecular formula is C15H20FNO2. The average molecular weight is 265 g/mol. The van der Waals surface area contributed by atoms with Gasteiger partial charge in [0.05, 0.1) is 0 Å². The van der Waals surface area contributed by atoms with Gasteiger partial charge in [-0.05, 0) is 44.5 Å².